The Morgan fingerprint density at radius 1 is 0.842 bits per heavy atom. The summed E-state index contributed by atoms with van der Waals surface area (Å²) in [6.45, 7) is 15.4. The summed E-state index contributed by atoms with van der Waals surface area (Å²) in [4.78, 5) is 0. The Kier molecular flexibility index (Phi) is 4.84. The van der Waals surface area contributed by atoms with Crippen molar-refractivity contribution >= 4 is 36.1 Å². The normalized spacial score (nSPS) is 13.6. The predicted octanol–water partition coefficient (Wildman–Crippen LogP) is 3.25. The third-order valence-electron chi connectivity index (χ3n) is 2.41. The van der Waals surface area contributed by atoms with Crippen LogP contribution >= 0.6 is 0 Å². The Balaban J connectivity index is 3.18. The first kappa shape index (κ1) is 16.6. The highest BCUT2D eigenvalue weighted by molar-refractivity contribution is 6.94. The molecule has 19 heavy (non-hydrogen) atoms. The SMILES string of the molecule is C[Si](C)(C)O[Si](C)(O[Si](C)(C)C)c1cccc(N)c1. The van der Waals surface area contributed by atoms with Crippen molar-refractivity contribution in [2.45, 2.75) is 45.8 Å². The number of rotatable bonds is 5. The lowest BCUT2D eigenvalue weighted by Gasteiger charge is -2.38. The summed E-state index contributed by atoms with van der Waals surface area (Å²) in [6.07, 6.45) is 0. The molecule has 1 aromatic rings. The van der Waals surface area contributed by atoms with Gasteiger partial charge in [0.1, 0.15) is 0 Å². The summed E-state index contributed by atoms with van der Waals surface area (Å²) < 4.78 is 13.0. The van der Waals surface area contributed by atoms with Crippen LogP contribution in [0, 0.1) is 0 Å². The van der Waals surface area contributed by atoms with Crippen LogP contribution in [0.4, 0.5) is 5.69 Å². The van der Waals surface area contributed by atoms with Gasteiger partial charge < -0.3 is 14.0 Å². The van der Waals surface area contributed by atoms with E-state index in [1.165, 1.54) is 0 Å². The molecule has 0 aromatic heterocycles. The van der Waals surface area contributed by atoms with Crippen LogP contribution in [-0.2, 0) is 8.23 Å². The summed E-state index contributed by atoms with van der Waals surface area (Å²) in [5.41, 5.74) is 6.69. The highest BCUT2D eigenvalue weighted by atomic mass is 28.5. The summed E-state index contributed by atoms with van der Waals surface area (Å²) in [5.74, 6) is 0. The zero-order valence-corrected chi connectivity index (χ0v) is 16.2. The number of anilines is 1. The molecule has 0 spiro atoms. The maximum Gasteiger partial charge on any atom is 0.348 e. The van der Waals surface area contributed by atoms with E-state index >= 15 is 0 Å². The van der Waals surface area contributed by atoms with Crippen molar-refractivity contribution in [2.24, 2.45) is 0 Å². The lowest BCUT2D eigenvalue weighted by Crippen LogP contribution is -2.60. The second-order valence-electron chi connectivity index (χ2n) is 7.00. The molecule has 0 aliphatic heterocycles. The van der Waals surface area contributed by atoms with Gasteiger partial charge in [0.2, 0.25) is 0 Å². The molecule has 0 aliphatic rings. The van der Waals surface area contributed by atoms with E-state index in [4.69, 9.17) is 14.0 Å². The van der Waals surface area contributed by atoms with Gasteiger partial charge in [0.05, 0.1) is 0 Å². The molecular formula is C13H27NO2Si3. The van der Waals surface area contributed by atoms with Crippen molar-refractivity contribution < 1.29 is 8.23 Å². The number of hydrogen-bond donors (Lipinski definition) is 1. The Bertz CT molecular complexity index is 422. The fourth-order valence-electron chi connectivity index (χ4n) is 2.13. The van der Waals surface area contributed by atoms with Gasteiger partial charge in [0.15, 0.2) is 16.6 Å². The molecule has 0 heterocycles. The first-order valence-electron chi connectivity index (χ1n) is 6.68. The van der Waals surface area contributed by atoms with E-state index < -0.39 is 25.2 Å². The minimum Gasteiger partial charge on any atom is -0.433 e. The van der Waals surface area contributed by atoms with E-state index in [0.29, 0.717) is 0 Å². The molecule has 1 rings (SSSR count). The third kappa shape index (κ3) is 5.62. The maximum atomic E-state index is 6.48. The van der Waals surface area contributed by atoms with E-state index in [-0.39, 0.29) is 0 Å². The van der Waals surface area contributed by atoms with Crippen LogP contribution in [0.5, 0.6) is 0 Å². The smallest absolute Gasteiger partial charge is 0.348 e. The summed E-state index contributed by atoms with van der Waals surface area (Å²) in [5, 5.41) is 1.14. The van der Waals surface area contributed by atoms with Crippen LogP contribution in [-0.4, -0.2) is 25.2 Å². The van der Waals surface area contributed by atoms with Gasteiger partial charge in [-0.1, -0.05) is 12.1 Å². The molecule has 0 radical (unpaired) electrons. The number of nitrogens with two attached hydrogens (primary N) is 1. The second kappa shape index (κ2) is 5.53. The van der Waals surface area contributed by atoms with Gasteiger partial charge in [-0.3, -0.25) is 0 Å². The highest BCUT2D eigenvalue weighted by Gasteiger charge is 2.42. The Hall–Kier alpha value is -0.409. The Morgan fingerprint density at radius 2 is 1.32 bits per heavy atom. The first-order chi connectivity index (χ1) is 8.41. The van der Waals surface area contributed by atoms with Crippen LogP contribution in [0.1, 0.15) is 0 Å². The van der Waals surface area contributed by atoms with E-state index in [1.54, 1.807) is 0 Å². The molecule has 0 aliphatic carbocycles. The van der Waals surface area contributed by atoms with Crippen molar-refractivity contribution in [1.82, 2.24) is 0 Å². The molecule has 3 nitrogen and oxygen atoms in total. The van der Waals surface area contributed by atoms with Crippen LogP contribution in [0.25, 0.3) is 0 Å². The Labute approximate surface area is 120 Å². The lowest BCUT2D eigenvalue weighted by molar-refractivity contribution is 0.404. The van der Waals surface area contributed by atoms with Crippen LogP contribution < -0.4 is 10.9 Å². The largest absolute Gasteiger partial charge is 0.433 e. The number of nitrogen functional groups attached to an aromatic ring is 1. The molecule has 0 unspecified atom stereocenters. The quantitative estimate of drug-likeness (QED) is 0.670. The molecule has 108 valence electrons. The molecule has 0 bridgehead atoms. The highest BCUT2D eigenvalue weighted by Crippen LogP contribution is 2.21. The van der Waals surface area contributed by atoms with Gasteiger partial charge >= 0.3 is 8.56 Å². The van der Waals surface area contributed by atoms with Gasteiger partial charge in [0.25, 0.3) is 0 Å². The summed E-state index contributed by atoms with van der Waals surface area (Å²) in [7, 11) is -5.73. The van der Waals surface area contributed by atoms with E-state index in [9.17, 15) is 0 Å². The number of hydrogen-bond acceptors (Lipinski definition) is 3. The van der Waals surface area contributed by atoms with Crippen molar-refractivity contribution in [1.29, 1.82) is 0 Å². The maximum absolute atomic E-state index is 6.48. The summed E-state index contributed by atoms with van der Waals surface area (Å²) >= 11 is 0. The van der Waals surface area contributed by atoms with Crippen molar-refractivity contribution in [2.75, 3.05) is 5.73 Å². The van der Waals surface area contributed by atoms with Crippen molar-refractivity contribution in [3.8, 4) is 0 Å². The molecule has 0 fully saturated rings. The van der Waals surface area contributed by atoms with Gasteiger partial charge in [-0.05, 0) is 63.1 Å². The average molecular weight is 314 g/mol. The van der Waals surface area contributed by atoms with E-state index in [0.717, 1.165) is 10.9 Å². The standard InChI is InChI=1S/C13H27NO2Si3/c1-17(2,3)15-19(7,16-18(4,5)6)13-10-8-9-12(14)11-13/h8-11H,14H2,1-7H3. The molecule has 6 heteroatoms. The molecule has 0 saturated carbocycles. The van der Waals surface area contributed by atoms with Gasteiger partial charge in [-0.25, -0.2) is 0 Å². The number of benzene rings is 1. The van der Waals surface area contributed by atoms with Gasteiger partial charge in [-0.2, -0.15) is 0 Å². The molecule has 0 saturated heterocycles. The van der Waals surface area contributed by atoms with Crippen LogP contribution in [0.15, 0.2) is 24.3 Å². The van der Waals surface area contributed by atoms with Crippen molar-refractivity contribution in [3.63, 3.8) is 0 Å². The summed E-state index contributed by atoms with van der Waals surface area (Å²) in [6, 6.07) is 7.98. The fourth-order valence-corrected chi connectivity index (χ4v) is 13.8. The molecule has 2 N–H and O–H groups in total. The second-order valence-corrected chi connectivity index (χ2v) is 19.6. The molecule has 1 aromatic carbocycles. The molecule has 0 amide bonds. The van der Waals surface area contributed by atoms with Crippen LogP contribution in [0.2, 0.25) is 45.8 Å². The minimum absolute atomic E-state index is 0.773. The predicted molar refractivity (Wildman–Crippen MR) is 91.0 cm³/mol. The lowest BCUT2D eigenvalue weighted by atomic mass is 10.3. The van der Waals surface area contributed by atoms with Crippen LogP contribution in [0.3, 0.4) is 0 Å². The first-order valence-corrected chi connectivity index (χ1v) is 15.8. The zero-order valence-electron chi connectivity index (χ0n) is 13.2. The monoisotopic (exact) mass is 313 g/mol. The van der Waals surface area contributed by atoms with Gasteiger partial charge in [-0.15, -0.1) is 0 Å². The fraction of sp³-hybridized carbons (Fsp3) is 0.538. The third-order valence-corrected chi connectivity index (χ3v) is 11.8. The Morgan fingerprint density at radius 3 is 1.68 bits per heavy atom. The topological polar surface area (TPSA) is 44.5 Å². The minimum atomic E-state index is -2.38. The van der Waals surface area contributed by atoms with E-state index in [2.05, 4.69) is 51.9 Å². The molecular weight excluding hydrogens is 286 g/mol. The van der Waals surface area contributed by atoms with Gasteiger partial charge in [0, 0.05) is 5.69 Å². The van der Waals surface area contributed by atoms with E-state index in [1.807, 2.05) is 18.2 Å². The zero-order chi connectivity index (χ0) is 14.9. The molecule has 0 atom stereocenters. The van der Waals surface area contributed by atoms with Crippen molar-refractivity contribution in [3.05, 3.63) is 24.3 Å². The average Bonchev–Trinajstić information content (AvgIpc) is 2.11.